The third-order valence-electron chi connectivity index (χ3n) is 2.87. The van der Waals surface area contributed by atoms with E-state index in [4.69, 9.17) is 0 Å². The van der Waals surface area contributed by atoms with Crippen LogP contribution in [-0.2, 0) is 0 Å². The van der Waals surface area contributed by atoms with E-state index in [0.29, 0.717) is 11.6 Å². The SMILES string of the molecule is CC(C)c1cc(C(=O)NN=C/C=C/c2ccccc2)n[nH]1. The second-order valence-electron chi connectivity index (χ2n) is 4.85. The van der Waals surface area contributed by atoms with Crippen molar-refractivity contribution in [2.75, 3.05) is 0 Å². The minimum atomic E-state index is -0.331. The first kappa shape index (κ1) is 14.7. The number of hydrazone groups is 1. The Bertz CT molecular complexity index is 641. The van der Waals surface area contributed by atoms with E-state index in [1.807, 2.05) is 50.3 Å². The maximum Gasteiger partial charge on any atom is 0.291 e. The van der Waals surface area contributed by atoms with Crippen LogP contribution in [-0.4, -0.2) is 22.3 Å². The van der Waals surface area contributed by atoms with Crippen molar-refractivity contribution in [2.24, 2.45) is 5.10 Å². The molecule has 0 saturated heterocycles. The second-order valence-corrected chi connectivity index (χ2v) is 4.85. The number of nitrogens with one attached hydrogen (secondary N) is 2. The maximum absolute atomic E-state index is 11.8. The number of rotatable bonds is 5. The maximum atomic E-state index is 11.8. The van der Waals surface area contributed by atoms with E-state index in [1.165, 1.54) is 6.21 Å². The van der Waals surface area contributed by atoms with E-state index in [2.05, 4.69) is 20.7 Å². The van der Waals surface area contributed by atoms with Gasteiger partial charge in [0.15, 0.2) is 5.69 Å². The lowest BCUT2D eigenvalue weighted by atomic mass is 10.1. The molecule has 0 atom stereocenters. The van der Waals surface area contributed by atoms with E-state index in [9.17, 15) is 4.79 Å². The van der Waals surface area contributed by atoms with Gasteiger partial charge in [-0.3, -0.25) is 9.89 Å². The van der Waals surface area contributed by atoms with E-state index < -0.39 is 0 Å². The molecule has 5 heteroatoms. The summed E-state index contributed by atoms with van der Waals surface area (Å²) in [7, 11) is 0. The molecular formula is C16H18N4O. The topological polar surface area (TPSA) is 70.1 Å². The highest BCUT2D eigenvalue weighted by Crippen LogP contribution is 2.11. The van der Waals surface area contributed by atoms with Crippen LogP contribution in [0.25, 0.3) is 6.08 Å². The number of amides is 1. The van der Waals surface area contributed by atoms with Crippen molar-refractivity contribution in [1.29, 1.82) is 0 Å². The van der Waals surface area contributed by atoms with E-state index in [0.717, 1.165) is 11.3 Å². The summed E-state index contributed by atoms with van der Waals surface area (Å²) >= 11 is 0. The smallest absolute Gasteiger partial charge is 0.282 e. The fraction of sp³-hybridized carbons (Fsp3) is 0.188. The summed E-state index contributed by atoms with van der Waals surface area (Å²) in [6, 6.07) is 11.6. The van der Waals surface area contributed by atoms with E-state index in [-0.39, 0.29) is 5.91 Å². The highest BCUT2D eigenvalue weighted by Gasteiger charge is 2.10. The first-order valence-corrected chi connectivity index (χ1v) is 6.77. The summed E-state index contributed by atoms with van der Waals surface area (Å²) in [5.74, 6) is -0.0288. The molecule has 5 nitrogen and oxygen atoms in total. The zero-order valence-electron chi connectivity index (χ0n) is 12.1. The largest absolute Gasteiger partial charge is 0.291 e. The number of allylic oxidation sites excluding steroid dienone is 1. The van der Waals surface area contributed by atoms with Crippen LogP contribution in [0.3, 0.4) is 0 Å². The Morgan fingerprint density at radius 2 is 2.10 bits per heavy atom. The Hall–Kier alpha value is -2.69. The van der Waals surface area contributed by atoms with Crippen molar-refractivity contribution in [3.63, 3.8) is 0 Å². The monoisotopic (exact) mass is 282 g/mol. The molecule has 2 N–H and O–H groups in total. The van der Waals surface area contributed by atoms with Gasteiger partial charge in [-0.2, -0.15) is 10.2 Å². The number of benzene rings is 1. The number of aromatic nitrogens is 2. The van der Waals surface area contributed by atoms with Crippen LogP contribution in [0.1, 0.15) is 41.5 Å². The van der Waals surface area contributed by atoms with Crippen LogP contribution >= 0.6 is 0 Å². The second kappa shape index (κ2) is 7.19. The molecule has 2 rings (SSSR count). The molecule has 21 heavy (non-hydrogen) atoms. The molecular weight excluding hydrogens is 264 g/mol. The molecule has 1 aromatic heterocycles. The molecule has 0 unspecified atom stereocenters. The number of aromatic amines is 1. The Labute approximate surface area is 123 Å². The number of carbonyl (C=O) groups excluding carboxylic acids is 1. The van der Waals surface area contributed by atoms with Gasteiger partial charge in [-0.15, -0.1) is 0 Å². The Morgan fingerprint density at radius 1 is 1.33 bits per heavy atom. The summed E-state index contributed by atoms with van der Waals surface area (Å²) in [6.07, 6.45) is 5.20. The van der Waals surface area contributed by atoms with Gasteiger partial charge in [0.2, 0.25) is 0 Å². The minimum Gasteiger partial charge on any atom is -0.282 e. The molecule has 0 aliphatic carbocycles. The van der Waals surface area contributed by atoms with Gasteiger partial charge in [-0.05, 0) is 23.6 Å². The fourth-order valence-electron chi connectivity index (χ4n) is 1.66. The normalized spacial score (nSPS) is 11.6. The lowest BCUT2D eigenvalue weighted by Gasteiger charge is -1.96. The number of carbonyl (C=O) groups is 1. The molecule has 0 aliphatic heterocycles. The van der Waals surface area contributed by atoms with Crippen LogP contribution in [0.4, 0.5) is 0 Å². The summed E-state index contributed by atoms with van der Waals surface area (Å²) in [4.78, 5) is 11.8. The van der Waals surface area contributed by atoms with Gasteiger partial charge >= 0.3 is 0 Å². The highest BCUT2D eigenvalue weighted by molar-refractivity contribution is 5.93. The summed E-state index contributed by atoms with van der Waals surface area (Å²) < 4.78 is 0. The van der Waals surface area contributed by atoms with Crippen LogP contribution in [0, 0.1) is 0 Å². The molecule has 0 fully saturated rings. The van der Waals surface area contributed by atoms with Crippen molar-refractivity contribution in [1.82, 2.24) is 15.6 Å². The van der Waals surface area contributed by atoms with E-state index in [1.54, 1.807) is 12.1 Å². The first-order valence-electron chi connectivity index (χ1n) is 6.77. The lowest BCUT2D eigenvalue weighted by Crippen LogP contribution is -2.17. The van der Waals surface area contributed by atoms with Crippen LogP contribution < -0.4 is 5.43 Å². The van der Waals surface area contributed by atoms with Gasteiger partial charge in [0.05, 0.1) is 0 Å². The molecule has 0 spiro atoms. The standard InChI is InChI=1S/C16H18N4O/c1-12(2)14-11-15(19-18-14)16(21)20-17-10-6-9-13-7-4-3-5-8-13/h3-12H,1-2H3,(H,18,19)(H,20,21)/b9-6+,17-10?. The van der Waals surface area contributed by atoms with Crippen LogP contribution in [0.2, 0.25) is 0 Å². The average molecular weight is 282 g/mol. The van der Waals surface area contributed by atoms with Gasteiger partial charge in [0.1, 0.15) is 0 Å². The Kier molecular flexibility index (Phi) is 5.04. The Morgan fingerprint density at radius 3 is 2.76 bits per heavy atom. The van der Waals surface area contributed by atoms with Crippen LogP contribution in [0.15, 0.2) is 47.6 Å². The number of hydrogen-bond acceptors (Lipinski definition) is 3. The molecule has 1 amide bonds. The van der Waals surface area contributed by atoms with Crippen molar-refractivity contribution < 1.29 is 4.79 Å². The zero-order valence-corrected chi connectivity index (χ0v) is 12.1. The molecule has 1 heterocycles. The molecule has 2 aromatic rings. The predicted molar refractivity (Wildman–Crippen MR) is 84.1 cm³/mol. The number of H-pyrrole nitrogens is 1. The molecule has 0 aliphatic rings. The minimum absolute atomic E-state index is 0.302. The summed E-state index contributed by atoms with van der Waals surface area (Å²) in [5, 5.41) is 10.6. The molecule has 0 bridgehead atoms. The van der Waals surface area contributed by atoms with Crippen molar-refractivity contribution in [3.05, 3.63) is 59.4 Å². The van der Waals surface area contributed by atoms with Gasteiger partial charge in [0.25, 0.3) is 5.91 Å². The first-order chi connectivity index (χ1) is 10.2. The molecule has 0 radical (unpaired) electrons. The van der Waals surface area contributed by atoms with E-state index >= 15 is 0 Å². The van der Waals surface area contributed by atoms with Gasteiger partial charge in [0, 0.05) is 11.9 Å². The van der Waals surface area contributed by atoms with Crippen LogP contribution in [0.5, 0.6) is 0 Å². The quantitative estimate of drug-likeness (QED) is 0.654. The third kappa shape index (κ3) is 4.42. The third-order valence-corrected chi connectivity index (χ3v) is 2.87. The van der Waals surface area contributed by atoms with Crippen molar-refractivity contribution in [3.8, 4) is 0 Å². The number of nitrogens with zero attached hydrogens (tertiary/aromatic N) is 2. The van der Waals surface area contributed by atoms with Gasteiger partial charge < -0.3 is 0 Å². The predicted octanol–water partition coefficient (Wildman–Crippen LogP) is 2.96. The number of hydrogen-bond donors (Lipinski definition) is 2. The molecule has 1 aromatic carbocycles. The highest BCUT2D eigenvalue weighted by atomic mass is 16.2. The zero-order chi connectivity index (χ0) is 15.1. The van der Waals surface area contributed by atoms with Gasteiger partial charge in [-0.1, -0.05) is 50.3 Å². The molecule has 108 valence electrons. The Balaban J connectivity index is 1.86. The fourth-order valence-corrected chi connectivity index (χ4v) is 1.66. The van der Waals surface area contributed by atoms with Crippen molar-refractivity contribution in [2.45, 2.75) is 19.8 Å². The summed E-state index contributed by atoms with van der Waals surface area (Å²) in [5.41, 5.74) is 4.77. The van der Waals surface area contributed by atoms with Gasteiger partial charge in [-0.25, -0.2) is 5.43 Å². The summed E-state index contributed by atoms with van der Waals surface area (Å²) in [6.45, 7) is 4.06. The lowest BCUT2D eigenvalue weighted by molar-refractivity contribution is 0.0950. The molecule has 0 saturated carbocycles. The average Bonchev–Trinajstić information content (AvgIpc) is 2.98. The van der Waals surface area contributed by atoms with Crippen molar-refractivity contribution >= 4 is 18.2 Å².